The predicted octanol–water partition coefficient (Wildman–Crippen LogP) is 2.60. The van der Waals surface area contributed by atoms with Gasteiger partial charge in [-0.05, 0) is 30.7 Å². The second-order valence-corrected chi connectivity index (χ2v) is 4.96. The summed E-state index contributed by atoms with van der Waals surface area (Å²) < 4.78 is 0. The first-order valence-electron chi connectivity index (χ1n) is 6.85. The van der Waals surface area contributed by atoms with Gasteiger partial charge in [0.2, 0.25) is 5.91 Å². The topological polar surface area (TPSA) is 84.6 Å². The molecule has 0 radical (unpaired) electrons. The number of benzene rings is 1. The molecule has 1 amide bonds. The standard InChI is InChI=1S/C15H17N3O3/c19-15(17-16-11-13-4-2-1-3-5-13)10-12-6-8-14(9-7-12)18(20)21/h1-2,6-9,11,13H,3-5,10H2,(H,17,19). The fourth-order valence-electron chi connectivity index (χ4n) is 2.13. The Morgan fingerprint density at radius 3 is 2.76 bits per heavy atom. The molecule has 0 spiro atoms. The molecule has 0 saturated heterocycles. The monoisotopic (exact) mass is 287 g/mol. The van der Waals surface area contributed by atoms with Crippen molar-refractivity contribution in [3.05, 3.63) is 52.1 Å². The number of hydrogen-bond acceptors (Lipinski definition) is 4. The summed E-state index contributed by atoms with van der Waals surface area (Å²) in [5.41, 5.74) is 3.22. The molecule has 110 valence electrons. The first-order chi connectivity index (χ1) is 10.1. The quantitative estimate of drug-likeness (QED) is 0.391. The van der Waals surface area contributed by atoms with Gasteiger partial charge in [-0.15, -0.1) is 0 Å². The molecule has 1 aromatic carbocycles. The molecule has 0 heterocycles. The van der Waals surface area contributed by atoms with E-state index in [4.69, 9.17) is 0 Å². The summed E-state index contributed by atoms with van der Waals surface area (Å²) in [4.78, 5) is 21.8. The highest BCUT2D eigenvalue weighted by atomic mass is 16.6. The van der Waals surface area contributed by atoms with Crippen LogP contribution in [0.1, 0.15) is 24.8 Å². The molecule has 0 saturated carbocycles. The van der Waals surface area contributed by atoms with Gasteiger partial charge in [-0.2, -0.15) is 5.10 Å². The Kier molecular flexibility index (Phi) is 5.20. The fraction of sp³-hybridized carbons (Fsp3) is 0.333. The van der Waals surface area contributed by atoms with Gasteiger partial charge >= 0.3 is 0 Å². The summed E-state index contributed by atoms with van der Waals surface area (Å²) in [7, 11) is 0. The van der Waals surface area contributed by atoms with Crippen LogP contribution in [0, 0.1) is 16.0 Å². The lowest BCUT2D eigenvalue weighted by molar-refractivity contribution is -0.384. The van der Waals surface area contributed by atoms with Crippen LogP contribution >= 0.6 is 0 Å². The minimum Gasteiger partial charge on any atom is -0.273 e. The summed E-state index contributed by atoms with van der Waals surface area (Å²) in [6.07, 6.45) is 9.26. The highest BCUT2D eigenvalue weighted by molar-refractivity contribution is 5.79. The van der Waals surface area contributed by atoms with Gasteiger partial charge in [0.15, 0.2) is 0 Å². The number of hydrogen-bond donors (Lipinski definition) is 1. The first kappa shape index (κ1) is 14.9. The molecule has 1 aliphatic rings. The van der Waals surface area contributed by atoms with Crippen LogP contribution in [0.3, 0.4) is 0 Å². The van der Waals surface area contributed by atoms with E-state index >= 15 is 0 Å². The molecular weight excluding hydrogens is 270 g/mol. The van der Waals surface area contributed by atoms with Crippen molar-refractivity contribution in [3.8, 4) is 0 Å². The summed E-state index contributed by atoms with van der Waals surface area (Å²) >= 11 is 0. The van der Waals surface area contributed by atoms with Crippen LogP contribution in [0.5, 0.6) is 0 Å². The third kappa shape index (κ3) is 4.83. The van der Waals surface area contributed by atoms with Crippen LogP contribution in [0.2, 0.25) is 0 Å². The van der Waals surface area contributed by atoms with Crippen molar-refractivity contribution in [2.24, 2.45) is 11.0 Å². The maximum absolute atomic E-state index is 11.7. The van der Waals surface area contributed by atoms with E-state index in [9.17, 15) is 14.9 Å². The van der Waals surface area contributed by atoms with E-state index < -0.39 is 4.92 Å². The second kappa shape index (κ2) is 7.33. The normalized spacial score (nSPS) is 17.8. The number of allylic oxidation sites excluding steroid dienone is 2. The number of nitro groups is 1. The zero-order valence-corrected chi connectivity index (χ0v) is 11.6. The Bertz CT molecular complexity index is 564. The number of nitrogens with zero attached hydrogens (tertiary/aromatic N) is 2. The van der Waals surface area contributed by atoms with E-state index in [1.165, 1.54) is 12.1 Å². The minimum atomic E-state index is -0.466. The molecule has 1 atom stereocenters. The highest BCUT2D eigenvalue weighted by Gasteiger charge is 2.08. The molecular formula is C15H17N3O3. The number of hydrazone groups is 1. The third-order valence-corrected chi connectivity index (χ3v) is 3.30. The van der Waals surface area contributed by atoms with Gasteiger partial charge in [-0.3, -0.25) is 14.9 Å². The maximum Gasteiger partial charge on any atom is 0.269 e. The number of amides is 1. The van der Waals surface area contributed by atoms with Gasteiger partial charge in [0.25, 0.3) is 5.69 Å². The van der Waals surface area contributed by atoms with Crippen LogP contribution < -0.4 is 5.43 Å². The minimum absolute atomic E-state index is 0.0162. The predicted molar refractivity (Wildman–Crippen MR) is 79.9 cm³/mol. The summed E-state index contributed by atoms with van der Waals surface area (Å²) in [6.45, 7) is 0. The number of carbonyl (C=O) groups is 1. The average Bonchev–Trinajstić information content (AvgIpc) is 2.49. The molecule has 1 aromatic rings. The number of non-ortho nitro benzene ring substituents is 1. The Hall–Kier alpha value is -2.50. The van der Waals surface area contributed by atoms with Gasteiger partial charge < -0.3 is 0 Å². The molecule has 0 bridgehead atoms. The van der Waals surface area contributed by atoms with Crippen molar-refractivity contribution < 1.29 is 9.72 Å². The largest absolute Gasteiger partial charge is 0.273 e. The lowest BCUT2D eigenvalue weighted by atomic mass is 9.96. The van der Waals surface area contributed by atoms with Crippen LogP contribution in [-0.2, 0) is 11.2 Å². The lowest BCUT2D eigenvalue weighted by Gasteiger charge is -2.11. The van der Waals surface area contributed by atoms with E-state index in [2.05, 4.69) is 22.7 Å². The van der Waals surface area contributed by atoms with E-state index in [0.717, 1.165) is 19.3 Å². The third-order valence-electron chi connectivity index (χ3n) is 3.30. The van der Waals surface area contributed by atoms with Crippen molar-refractivity contribution >= 4 is 17.8 Å². The molecule has 0 fully saturated rings. The van der Waals surface area contributed by atoms with Crippen LogP contribution in [0.15, 0.2) is 41.5 Å². The first-order valence-corrected chi connectivity index (χ1v) is 6.85. The molecule has 6 nitrogen and oxygen atoms in total. The molecule has 1 N–H and O–H groups in total. The van der Waals surface area contributed by atoms with Crippen LogP contribution in [0.25, 0.3) is 0 Å². The van der Waals surface area contributed by atoms with E-state index in [1.807, 2.05) is 0 Å². The Labute approximate surface area is 122 Å². The van der Waals surface area contributed by atoms with Gasteiger partial charge in [0, 0.05) is 18.3 Å². The van der Waals surface area contributed by atoms with Gasteiger partial charge in [0.1, 0.15) is 0 Å². The molecule has 2 rings (SSSR count). The van der Waals surface area contributed by atoms with Crippen molar-refractivity contribution in [3.63, 3.8) is 0 Å². The summed E-state index contributed by atoms with van der Waals surface area (Å²) in [5.74, 6) is 0.154. The Balaban J connectivity index is 1.79. The van der Waals surface area contributed by atoms with E-state index in [1.54, 1.807) is 18.3 Å². The highest BCUT2D eigenvalue weighted by Crippen LogP contribution is 2.15. The molecule has 1 unspecified atom stereocenters. The fourth-order valence-corrected chi connectivity index (χ4v) is 2.13. The number of nitro benzene ring substituents is 1. The maximum atomic E-state index is 11.7. The molecule has 0 aromatic heterocycles. The van der Waals surface area contributed by atoms with Gasteiger partial charge in [0.05, 0.1) is 11.3 Å². The van der Waals surface area contributed by atoms with E-state index in [0.29, 0.717) is 11.5 Å². The Morgan fingerprint density at radius 2 is 2.14 bits per heavy atom. The molecule has 1 aliphatic carbocycles. The number of rotatable bonds is 5. The molecule has 6 heteroatoms. The lowest BCUT2D eigenvalue weighted by Crippen LogP contribution is -2.20. The summed E-state index contributed by atoms with van der Waals surface area (Å²) in [6, 6.07) is 5.93. The van der Waals surface area contributed by atoms with Crippen LogP contribution in [0.4, 0.5) is 5.69 Å². The van der Waals surface area contributed by atoms with Crippen molar-refractivity contribution in [1.82, 2.24) is 5.43 Å². The second-order valence-electron chi connectivity index (χ2n) is 4.96. The zero-order valence-electron chi connectivity index (χ0n) is 11.6. The molecule has 0 aliphatic heterocycles. The zero-order chi connectivity index (χ0) is 15.1. The van der Waals surface area contributed by atoms with Crippen molar-refractivity contribution in [2.75, 3.05) is 0 Å². The van der Waals surface area contributed by atoms with Crippen LogP contribution in [-0.4, -0.2) is 17.0 Å². The number of nitrogens with one attached hydrogen (secondary N) is 1. The SMILES string of the molecule is O=C(Cc1ccc([N+](=O)[O-])cc1)NN=CC1CC=CCC1. The van der Waals surface area contributed by atoms with E-state index in [-0.39, 0.29) is 18.0 Å². The molecule has 21 heavy (non-hydrogen) atoms. The summed E-state index contributed by atoms with van der Waals surface area (Å²) in [5, 5.41) is 14.5. The number of carbonyl (C=O) groups excluding carboxylic acids is 1. The van der Waals surface area contributed by atoms with Crippen molar-refractivity contribution in [2.45, 2.75) is 25.7 Å². The Morgan fingerprint density at radius 1 is 1.38 bits per heavy atom. The smallest absolute Gasteiger partial charge is 0.269 e. The average molecular weight is 287 g/mol. The van der Waals surface area contributed by atoms with Gasteiger partial charge in [-0.1, -0.05) is 24.3 Å². The van der Waals surface area contributed by atoms with Gasteiger partial charge in [-0.25, -0.2) is 5.43 Å². The van der Waals surface area contributed by atoms with Crippen molar-refractivity contribution in [1.29, 1.82) is 0 Å².